The maximum absolute atomic E-state index is 12.8. The van der Waals surface area contributed by atoms with Crippen LogP contribution in [0.5, 0.6) is 0 Å². The van der Waals surface area contributed by atoms with Crippen LogP contribution in [0.25, 0.3) is 0 Å². The molecule has 24 heavy (non-hydrogen) atoms. The SMILES string of the molecule is CCOC(=O)[C@H]1[C@H]2C(=O)O[C@@H]3CCC(C)(C)C(=C[C@@H]1[Si](C)(C)C)[C@H]23. The van der Waals surface area contributed by atoms with Crippen molar-refractivity contribution in [1.29, 1.82) is 0 Å². The van der Waals surface area contributed by atoms with Gasteiger partial charge >= 0.3 is 11.9 Å². The van der Waals surface area contributed by atoms with Crippen LogP contribution >= 0.6 is 0 Å². The standard InChI is InChI=1S/C19H30O4Si/c1-7-22-17(20)15-13(24(4,5)6)10-11-14-12(8-9-19(11,2)3)23-18(21)16(14)15/h10,12-16H,7-9H2,1-6H3/t12-,13+,14+,15-,16+/m1/s1. The fourth-order valence-corrected chi connectivity index (χ4v) is 7.06. The number of hydrogen-bond donors (Lipinski definition) is 0. The van der Waals surface area contributed by atoms with Gasteiger partial charge < -0.3 is 9.47 Å². The smallest absolute Gasteiger partial charge is 0.310 e. The third-order valence-corrected chi connectivity index (χ3v) is 8.74. The molecule has 0 unspecified atom stereocenters. The van der Waals surface area contributed by atoms with Crippen LogP contribution in [0.4, 0.5) is 0 Å². The molecule has 4 nitrogen and oxygen atoms in total. The third-order valence-electron chi connectivity index (χ3n) is 6.21. The summed E-state index contributed by atoms with van der Waals surface area (Å²) in [4.78, 5) is 25.5. The zero-order valence-corrected chi connectivity index (χ0v) is 16.7. The van der Waals surface area contributed by atoms with Gasteiger partial charge in [-0.3, -0.25) is 9.59 Å². The summed E-state index contributed by atoms with van der Waals surface area (Å²) >= 11 is 0. The molecule has 5 heteroatoms. The van der Waals surface area contributed by atoms with Crippen LogP contribution in [0.15, 0.2) is 11.6 Å². The highest BCUT2D eigenvalue weighted by Gasteiger charge is 2.61. The van der Waals surface area contributed by atoms with E-state index in [-0.39, 0.29) is 46.8 Å². The van der Waals surface area contributed by atoms with E-state index in [1.807, 2.05) is 6.92 Å². The summed E-state index contributed by atoms with van der Waals surface area (Å²) in [6.07, 6.45) is 4.22. The molecule has 134 valence electrons. The average Bonchev–Trinajstić information content (AvgIpc) is 2.79. The number of rotatable bonds is 3. The molecule has 0 aromatic rings. The van der Waals surface area contributed by atoms with Crippen molar-refractivity contribution in [3.63, 3.8) is 0 Å². The Morgan fingerprint density at radius 3 is 2.58 bits per heavy atom. The molecule has 0 amide bonds. The fourth-order valence-electron chi connectivity index (χ4n) is 4.96. The molecule has 1 saturated heterocycles. The first kappa shape index (κ1) is 17.7. The van der Waals surface area contributed by atoms with Crippen molar-refractivity contribution in [2.24, 2.45) is 23.2 Å². The monoisotopic (exact) mass is 350 g/mol. The Morgan fingerprint density at radius 1 is 1.33 bits per heavy atom. The molecule has 0 spiro atoms. The van der Waals surface area contributed by atoms with Gasteiger partial charge in [0.2, 0.25) is 0 Å². The van der Waals surface area contributed by atoms with Gasteiger partial charge in [-0.05, 0) is 30.7 Å². The molecule has 1 heterocycles. The molecule has 1 aliphatic heterocycles. The molecule has 0 aromatic heterocycles. The number of esters is 2. The Kier molecular flexibility index (Phi) is 4.22. The highest BCUT2D eigenvalue weighted by atomic mass is 28.3. The van der Waals surface area contributed by atoms with Gasteiger partial charge in [-0.25, -0.2) is 0 Å². The maximum Gasteiger partial charge on any atom is 0.310 e. The van der Waals surface area contributed by atoms with E-state index in [4.69, 9.17) is 9.47 Å². The van der Waals surface area contributed by atoms with Crippen LogP contribution in [-0.4, -0.2) is 32.7 Å². The number of carbonyl (C=O) groups is 2. The number of carbonyl (C=O) groups excluding carboxylic acids is 2. The van der Waals surface area contributed by atoms with Crippen LogP contribution in [0.2, 0.25) is 25.2 Å². The lowest BCUT2D eigenvalue weighted by atomic mass is 9.59. The van der Waals surface area contributed by atoms with E-state index < -0.39 is 8.07 Å². The first-order chi connectivity index (χ1) is 11.1. The topological polar surface area (TPSA) is 52.6 Å². The predicted molar refractivity (Wildman–Crippen MR) is 95.2 cm³/mol. The minimum Gasteiger partial charge on any atom is -0.466 e. The van der Waals surface area contributed by atoms with Crippen LogP contribution < -0.4 is 0 Å². The first-order valence-electron chi connectivity index (χ1n) is 9.17. The van der Waals surface area contributed by atoms with E-state index in [1.165, 1.54) is 5.57 Å². The van der Waals surface area contributed by atoms with E-state index >= 15 is 0 Å². The summed E-state index contributed by atoms with van der Waals surface area (Å²) in [5.74, 6) is -1.08. The van der Waals surface area contributed by atoms with Crippen molar-refractivity contribution < 1.29 is 19.1 Å². The van der Waals surface area contributed by atoms with Crippen LogP contribution in [-0.2, 0) is 19.1 Å². The van der Waals surface area contributed by atoms with E-state index in [1.54, 1.807) is 0 Å². The molecular weight excluding hydrogens is 320 g/mol. The highest BCUT2D eigenvalue weighted by Crippen LogP contribution is 2.59. The van der Waals surface area contributed by atoms with Crippen molar-refractivity contribution in [3.05, 3.63) is 11.6 Å². The van der Waals surface area contributed by atoms with Gasteiger partial charge in [-0.1, -0.05) is 45.1 Å². The summed E-state index contributed by atoms with van der Waals surface area (Å²) in [7, 11) is -1.70. The van der Waals surface area contributed by atoms with Crippen molar-refractivity contribution in [1.82, 2.24) is 0 Å². The lowest BCUT2D eigenvalue weighted by Crippen LogP contribution is -2.49. The van der Waals surface area contributed by atoms with Gasteiger partial charge in [-0.15, -0.1) is 0 Å². The van der Waals surface area contributed by atoms with Crippen molar-refractivity contribution in [3.8, 4) is 0 Å². The lowest BCUT2D eigenvalue weighted by molar-refractivity contribution is -0.156. The Hall–Kier alpha value is -1.10. The van der Waals surface area contributed by atoms with Gasteiger partial charge in [0.1, 0.15) is 6.10 Å². The van der Waals surface area contributed by atoms with E-state index in [9.17, 15) is 9.59 Å². The van der Waals surface area contributed by atoms with Crippen LogP contribution in [0.3, 0.4) is 0 Å². The molecule has 0 N–H and O–H groups in total. The quantitative estimate of drug-likeness (QED) is 0.441. The zero-order chi connectivity index (χ0) is 17.9. The first-order valence-corrected chi connectivity index (χ1v) is 12.7. The van der Waals surface area contributed by atoms with Gasteiger partial charge in [0.15, 0.2) is 0 Å². The number of allylic oxidation sites excluding steroid dienone is 1. The Labute approximate surface area is 146 Å². The molecule has 2 fully saturated rings. The molecule has 2 aliphatic carbocycles. The van der Waals surface area contributed by atoms with Crippen LogP contribution in [0.1, 0.15) is 33.6 Å². The minimum atomic E-state index is -1.70. The highest BCUT2D eigenvalue weighted by molar-refractivity contribution is 6.78. The van der Waals surface area contributed by atoms with Crippen molar-refractivity contribution >= 4 is 20.0 Å². The van der Waals surface area contributed by atoms with Gasteiger partial charge in [0.25, 0.3) is 0 Å². The Bertz CT molecular complexity index is 587. The van der Waals surface area contributed by atoms with Gasteiger partial charge in [0, 0.05) is 5.92 Å². The Morgan fingerprint density at radius 2 is 2.00 bits per heavy atom. The van der Waals surface area contributed by atoms with Crippen molar-refractivity contribution in [2.75, 3.05) is 6.61 Å². The fraction of sp³-hybridized carbons (Fsp3) is 0.789. The van der Waals surface area contributed by atoms with Crippen LogP contribution in [0, 0.1) is 23.2 Å². The largest absolute Gasteiger partial charge is 0.466 e. The second-order valence-electron chi connectivity index (χ2n) is 9.24. The summed E-state index contributed by atoms with van der Waals surface area (Å²) in [5, 5.41) is 0. The summed E-state index contributed by atoms with van der Waals surface area (Å²) in [6, 6.07) is 0. The summed E-state index contributed by atoms with van der Waals surface area (Å²) in [5.41, 5.74) is 1.55. The molecule has 0 bridgehead atoms. The summed E-state index contributed by atoms with van der Waals surface area (Å²) < 4.78 is 11.1. The Balaban J connectivity index is 2.14. The molecule has 3 aliphatic rings. The number of ether oxygens (including phenoxy) is 2. The second-order valence-corrected chi connectivity index (χ2v) is 14.6. The normalized spacial score (nSPS) is 37.3. The predicted octanol–water partition coefficient (Wildman–Crippen LogP) is 3.79. The zero-order valence-electron chi connectivity index (χ0n) is 15.7. The number of hydrogen-bond acceptors (Lipinski definition) is 4. The van der Waals surface area contributed by atoms with Crippen molar-refractivity contribution in [2.45, 2.75) is 64.9 Å². The molecule has 1 saturated carbocycles. The molecule has 5 atom stereocenters. The maximum atomic E-state index is 12.8. The molecule has 0 radical (unpaired) electrons. The minimum absolute atomic E-state index is 0.0544. The third kappa shape index (κ3) is 2.65. The van der Waals surface area contributed by atoms with E-state index in [2.05, 4.69) is 39.6 Å². The molecule has 3 rings (SSSR count). The molecular formula is C19H30O4Si. The average molecular weight is 351 g/mol. The summed E-state index contributed by atoms with van der Waals surface area (Å²) in [6.45, 7) is 13.5. The second kappa shape index (κ2) is 5.72. The van der Waals surface area contributed by atoms with E-state index in [0.717, 1.165) is 12.8 Å². The lowest BCUT2D eigenvalue weighted by Gasteiger charge is -2.48. The van der Waals surface area contributed by atoms with E-state index in [0.29, 0.717) is 6.61 Å². The van der Waals surface area contributed by atoms with Gasteiger partial charge in [-0.2, -0.15) is 0 Å². The van der Waals surface area contributed by atoms with Gasteiger partial charge in [0.05, 0.1) is 26.5 Å². The molecule has 0 aromatic carbocycles.